The molecule has 0 unspecified atom stereocenters. The summed E-state index contributed by atoms with van der Waals surface area (Å²) in [5, 5.41) is 3.00. The molecule has 138 valence electrons. The van der Waals surface area contributed by atoms with E-state index in [1.807, 2.05) is 30.3 Å². The number of nitrogens with zero attached hydrogens (tertiary/aromatic N) is 2. The van der Waals surface area contributed by atoms with E-state index < -0.39 is 0 Å². The van der Waals surface area contributed by atoms with E-state index in [4.69, 9.17) is 4.74 Å². The third-order valence-electron chi connectivity index (χ3n) is 4.75. The highest BCUT2D eigenvalue weighted by Crippen LogP contribution is 2.16. The molecule has 1 saturated heterocycles. The van der Waals surface area contributed by atoms with E-state index in [0.717, 1.165) is 44.0 Å². The summed E-state index contributed by atoms with van der Waals surface area (Å²) in [6.45, 7) is 5.77. The largest absolute Gasteiger partial charge is 0.496 e. The maximum absolute atomic E-state index is 12.2. The summed E-state index contributed by atoms with van der Waals surface area (Å²) in [5.74, 6) is 0.870. The molecule has 1 N–H and O–H groups in total. The second-order valence-corrected chi connectivity index (χ2v) is 6.63. The number of piperazine rings is 1. The first kappa shape index (κ1) is 18.4. The molecular weight excluding hydrogens is 326 g/mol. The molecule has 26 heavy (non-hydrogen) atoms. The number of benzene rings is 2. The van der Waals surface area contributed by atoms with Gasteiger partial charge in [-0.2, -0.15) is 0 Å². The molecule has 0 spiro atoms. The van der Waals surface area contributed by atoms with Crippen molar-refractivity contribution < 1.29 is 9.53 Å². The molecule has 1 amide bonds. The first-order valence-corrected chi connectivity index (χ1v) is 9.12. The van der Waals surface area contributed by atoms with Crippen LogP contribution >= 0.6 is 0 Å². The molecule has 0 radical (unpaired) electrons. The van der Waals surface area contributed by atoms with Gasteiger partial charge in [0, 0.05) is 44.8 Å². The Hall–Kier alpha value is -2.37. The third-order valence-corrected chi connectivity index (χ3v) is 4.75. The van der Waals surface area contributed by atoms with Crippen molar-refractivity contribution in [1.29, 1.82) is 0 Å². The van der Waals surface area contributed by atoms with Gasteiger partial charge in [-0.1, -0.05) is 48.5 Å². The molecule has 1 aliphatic rings. The lowest BCUT2D eigenvalue weighted by atomic mass is 10.2. The van der Waals surface area contributed by atoms with Crippen molar-refractivity contribution >= 4 is 5.91 Å². The normalized spacial score (nSPS) is 15.6. The average Bonchev–Trinajstić information content (AvgIpc) is 2.69. The second kappa shape index (κ2) is 9.36. The van der Waals surface area contributed by atoms with Crippen LogP contribution in [0.3, 0.4) is 0 Å². The Kier molecular flexibility index (Phi) is 6.63. The number of nitrogens with one attached hydrogen (secondary N) is 1. The predicted octanol–water partition coefficient (Wildman–Crippen LogP) is 2.13. The summed E-state index contributed by atoms with van der Waals surface area (Å²) in [6, 6.07) is 18.3. The van der Waals surface area contributed by atoms with Gasteiger partial charge in [0.15, 0.2) is 0 Å². The number of rotatable bonds is 7. The highest BCUT2D eigenvalue weighted by Gasteiger charge is 2.19. The van der Waals surface area contributed by atoms with Crippen LogP contribution < -0.4 is 10.1 Å². The standard InChI is InChI=1S/C21H27N3O2/c1-26-20-10-6-5-9-19(20)15-22-21(25)17-24-13-11-23(12-14-24)16-18-7-3-2-4-8-18/h2-10H,11-17H2,1H3,(H,22,25). The van der Waals surface area contributed by atoms with Crippen molar-refractivity contribution in [3.05, 3.63) is 65.7 Å². The molecule has 0 atom stereocenters. The zero-order valence-electron chi connectivity index (χ0n) is 15.4. The van der Waals surface area contributed by atoms with Crippen molar-refractivity contribution in [1.82, 2.24) is 15.1 Å². The highest BCUT2D eigenvalue weighted by atomic mass is 16.5. The predicted molar refractivity (Wildman–Crippen MR) is 103 cm³/mol. The quantitative estimate of drug-likeness (QED) is 0.828. The van der Waals surface area contributed by atoms with Gasteiger partial charge >= 0.3 is 0 Å². The lowest BCUT2D eigenvalue weighted by molar-refractivity contribution is -0.122. The summed E-state index contributed by atoms with van der Waals surface area (Å²) >= 11 is 0. The Morgan fingerprint density at radius 3 is 2.35 bits per heavy atom. The molecule has 0 bridgehead atoms. The van der Waals surface area contributed by atoms with Crippen LogP contribution in [0.4, 0.5) is 0 Å². The van der Waals surface area contributed by atoms with E-state index in [-0.39, 0.29) is 5.91 Å². The summed E-state index contributed by atoms with van der Waals surface area (Å²) in [4.78, 5) is 16.9. The van der Waals surface area contributed by atoms with Crippen molar-refractivity contribution in [2.24, 2.45) is 0 Å². The lowest BCUT2D eigenvalue weighted by Crippen LogP contribution is -2.49. The van der Waals surface area contributed by atoms with E-state index in [9.17, 15) is 4.79 Å². The molecule has 1 heterocycles. The number of carbonyl (C=O) groups excluding carboxylic acids is 1. The van der Waals surface area contributed by atoms with Crippen LogP contribution in [0.2, 0.25) is 0 Å². The molecule has 1 fully saturated rings. The van der Waals surface area contributed by atoms with Gasteiger partial charge in [0.2, 0.25) is 5.91 Å². The smallest absolute Gasteiger partial charge is 0.234 e. The molecule has 0 aliphatic carbocycles. The van der Waals surface area contributed by atoms with Gasteiger partial charge in [-0.15, -0.1) is 0 Å². The molecule has 5 heteroatoms. The van der Waals surface area contributed by atoms with Crippen LogP contribution in [-0.4, -0.2) is 55.5 Å². The number of ether oxygens (including phenoxy) is 1. The zero-order chi connectivity index (χ0) is 18.2. The zero-order valence-corrected chi connectivity index (χ0v) is 15.4. The molecule has 0 aromatic heterocycles. The van der Waals surface area contributed by atoms with Crippen LogP contribution in [0.5, 0.6) is 5.75 Å². The number of hydrogen-bond donors (Lipinski definition) is 1. The SMILES string of the molecule is COc1ccccc1CNC(=O)CN1CCN(Cc2ccccc2)CC1. The fraction of sp³-hybridized carbons (Fsp3) is 0.381. The second-order valence-electron chi connectivity index (χ2n) is 6.63. The summed E-state index contributed by atoms with van der Waals surface area (Å²) < 4.78 is 5.32. The molecular formula is C21H27N3O2. The minimum Gasteiger partial charge on any atom is -0.496 e. The van der Waals surface area contributed by atoms with Crippen molar-refractivity contribution in [3.8, 4) is 5.75 Å². The Bertz CT molecular complexity index is 697. The van der Waals surface area contributed by atoms with Crippen LogP contribution in [0.25, 0.3) is 0 Å². The molecule has 0 saturated carbocycles. The minimum atomic E-state index is 0.0624. The highest BCUT2D eigenvalue weighted by molar-refractivity contribution is 5.78. The van der Waals surface area contributed by atoms with Gasteiger partial charge < -0.3 is 10.1 Å². The number of para-hydroxylation sites is 1. The summed E-state index contributed by atoms with van der Waals surface area (Å²) in [5.41, 5.74) is 2.34. The lowest BCUT2D eigenvalue weighted by Gasteiger charge is -2.34. The first-order chi connectivity index (χ1) is 12.7. The van der Waals surface area contributed by atoms with E-state index in [1.165, 1.54) is 5.56 Å². The van der Waals surface area contributed by atoms with Gasteiger partial charge in [0.1, 0.15) is 5.75 Å². The Labute approximate surface area is 155 Å². The number of methoxy groups -OCH3 is 1. The third kappa shape index (κ3) is 5.31. The van der Waals surface area contributed by atoms with E-state index in [2.05, 4.69) is 39.4 Å². The molecule has 2 aromatic rings. The Morgan fingerprint density at radius 2 is 1.62 bits per heavy atom. The number of amides is 1. The molecule has 1 aliphatic heterocycles. The number of carbonyl (C=O) groups is 1. The van der Waals surface area contributed by atoms with Crippen LogP contribution in [0.1, 0.15) is 11.1 Å². The van der Waals surface area contributed by atoms with Gasteiger partial charge in [-0.05, 0) is 11.6 Å². The van der Waals surface area contributed by atoms with Crippen LogP contribution in [0, 0.1) is 0 Å². The van der Waals surface area contributed by atoms with E-state index >= 15 is 0 Å². The maximum Gasteiger partial charge on any atom is 0.234 e. The topological polar surface area (TPSA) is 44.8 Å². The minimum absolute atomic E-state index is 0.0624. The summed E-state index contributed by atoms with van der Waals surface area (Å²) in [7, 11) is 1.65. The van der Waals surface area contributed by atoms with Gasteiger partial charge in [-0.3, -0.25) is 14.6 Å². The van der Waals surface area contributed by atoms with Gasteiger partial charge in [-0.25, -0.2) is 0 Å². The first-order valence-electron chi connectivity index (χ1n) is 9.12. The summed E-state index contributed by atoms with van der Waals surface area (Å²) in [6.07, 6.45) is 0. The van der Waals surface area contributed by atoms with Gasteiger partial charge in [0.05, 0.1) is 13.7 Å². The monoisotopic (exact) mass is 353 g/mol. The van der Waals surface area contributed by atoms with Crippen molar-refractivity contribution in [2.45, 2.75) is 13.1 Å². The van der Waals surface area contributed by atoms with E-state index in [0.29, 0.717) is 13.1 Å². The molecule has 2 aromatic carbocycles. The van der Waals surface area contributed by atoms with Crippen LogP contribution in [0.15, 0.2) is 54.6 Å². The van der Waals surface area contributed by atoms with Crippen LogP contribution in [-0.2, 0) is 17.9 Å². The van der Waals surface area contributed by atoms with Crippen molar-refractivity contribution in [2.75, 3.05) is 39.8 Å². The maximum atomic E-state index is 12.2. The fourth-order valence-electron chi connectivity index (χ4n) is 3.25. The Morgan fingerprint density at radius 1 is 0.962 bits per heavy atom. The number of hydrogen-bond acceptors (Lipinski definition) is 4. The van der Waals surface area contributed by atoms with Gasteiger partial charge in [0.25, 0.3) is 0 Å². The Balaban J connectivity index is 1.39. The average molecular weight is 353 g/mol. The fourth-order valence-corrected chi connectivity index (χ4v) is 3.25. The van der Waals surface area contributed by atoms with Crippen molar-refractivity contribution in [3.63, 3.8) is 0 Å². The molecule has 3 rings (SSSR count). The van der Waals surface area contributed by atoms with E-state index in [1.54, 1.807) is 7.11 Å². The molecule has 5 nitrogen and oxygen atoms in total.